The van der Waals surface area contributed by atoms with E-state index in [1.807, 2.05) is 24.3 Å². The first-order valence-electron chi connectivity index (χ1n) is 5.79. The minimum atomic E-state index is -3.27. The molecule has 0 N–H and O–H groups in total. The third kappa shape index (κ3) is 2.13. The van der Waals surface area contributed by atoms with Gasteiger partial charge in [0, 0.05) is 11.3 Å². The minimum absolute atomic E-state index is 0.377. The van der Waals surface area contributed by atoms with Crippen LogP contribution in [0, 0.1) is 0 Å². The number of hydrogen-bond donors (Lipinski definition) is 0. The smallest absolute Gasteiger partial charge is 0.181 e. The topological polar surface area (TPSA) is 34.1 Å². The average Bonchev–Trinajstić information content (AvgIpc) is 2.37. The van der Waals surface area contributed by atoms with Gasteiger partial charge >= 0.3 is 0 Å². The maximum Gasteiger partial charge on any atom is 0.181 e. The molecular weight excluding hydrogens is 268 g/mol. The van der Waals surface area contributed by atoms with E-state index in [1.165, 1.54) is 0 Å². The van der Waals surface area contributed by atoms with Gasteiger partial charge in [0.05, 0.1) is 10.1 Å². The summed E-state index contributed by atoms with van der Waals surface area (Å²) in [6.45, 7) is 3.39. The van der Waals surface area contributed by atoms with Crippen molar-refractivity contribution in [3.8, 4) is 0 Å². The summed E-state index contributed by atoms with van der Waals surface area (Å²) in [5.41, 5.74) is 0.954. The Kier molecular flexibility index (Phi) is 3.64. The van der Waals surface area contributed by atoms with Gasteiger partial charge in [-0.05, 0) is 30.9 Å². The number of sulfone groups is 1. The third-order valence-electron chi connectivity index (χ3n) is 3.05. The molecule has 0 radical (unpaired) electrons. The van der Waals surface area contributed by atoms with Gasteiger partial charge in [-0.25, -0.2) is 8.42 Å². The first-order chi connectivity index (χ1) is 8.48. The van der Waals surface area contributed by atoms with Crippen molar-refractivity contribution >= 4 is 32.2 Å². The molecule has 18 heavy (non-hydrogen) atoms. The maximum atomic E-state index is 12.3. The Labute approximate surface area is 113 Å². The zero-order valence-electron chi connectivity index (χ0n) is 10.4. The number of hydrogen-bond acceptors (Lipinski definition) is 2. The van der Waals surface area contributed by atoms with Crippen LogP contribution in [0.15, 0.2) is 41.3 Å². The normalized spacial score (nSPS) is 12.2. The summed E-state index contributed by atoms with van der Waals surface area (Å²) in [4.78, 5) is 0.391. The molecule has 0 aliphatic carbocycles. The Morgan fingerprint density at radius 2 is 1.67 bits per heavy atom. The Bertz CT molecular complexity index is 675. The van der Waals surface area contributed by atoms with Crippen LogP contribution in [0.2, 0.25) is 0 Å². The molecule has 4 heteroatoms. The molecule has 0 fully saturated rings. The summed E-state index contributed by atoms with van der Waals surface area (Å²) >= 11 is 5.89. The van der Waals surface area contributed by atoms with Gasteiger partial charge in [0.1, 0.15) is 0 Å². The fraction of sp³-hybridized carbons (Fsp3) is 0.286. The summed E-state index contributed by atoms with van der Waals surface area (Å²) in [5.74, 6) is 0.377. The molecule has 0 spiro atoms. The standard InChI is InChI=1S/C14H15ClO2S/c1-10(2)18(16,17)14-8-7-11(9-15)12-5-3-4-6-13(12)14/h3-8,10H,9H2,1-2H3. The summed E-state index contributed by atoms with van der Waals surface area (Å²) < 4.78 is 24.6. The van der Waals surface area contributed by atoms with Gasteiger partial charge < -0.3 is 0 Å². The lowest BCUT2D eigenvalue weighted by molar-refractivity contribution is 0.588. The number of alkyl halides is 1. The lowest BCUT2D eigenvalue weighted by atomic mass is 10.1. The molecule has 2 nitrogen and oxygen atoms in total. The van der Waals surface area contributed by atoms with E-state index >= 15 is 0 Å². The lowest BCUT2D eigenvalue weighted by Crippen LogP contribution is -2.14. The second kappa shape index (κ2) is 4.90. The molecule has 0 bridgehead atoms. The second-order valence-corrected chi connectivity index (χ2v) is 7.24. The third-order valence-corrected chi connectivity index (χ3v) is 5.54. The number of halogens is 1. The molecule has 2 aromatic rings. The quantitative estimate of drug-likeness (QED) is 0.803. The van der Waals surface area contributed by atoms with Crippen LogP contribution in [-0.4, -0.2) is 13.7 Å². The monoisotopic (exact) mass is 282 g/mol. The molecule has 0 aliphatic heterocycles. The Morgan fingerprint density at radius 3 is 2.22 bits per heavy atom. The number of rotatable bonds is 3. The van der Waals surface area contributed by atoms with Crippen LogP contribution in [0.1, 0.15) is 19.4 Å². The number of fused-ring (bicyclic) bond motifs is 1. The first kappa shape index (κ1) is 13.4. The van der Waals surface area contributed by atoms with E-state index in [0.29, 0.717) is 10.8 Å². The zero-order chi connectivity index (χ0) is 13.3. The van der Waals surface area contributed by atoms with Crippen molar-refractivity contribution in [2.75, 3.05) is 0 Å². The molecule has 2 rings (SSSR count). The van der Waals surface area contributed by atoms with Crippen LogP contribution in [0.5, 0.6) is 0 Å². The van der Waals surface area contributed by atoms with Crippen molar-refractivity contribution in [1.29, 1.82) is 0 Å². The minimum Gasteiger partial charge on any atom is -0.223 e. The van der Waals surface area contributed by atoms with Gasteiger partial charge in [0.15, 0.2) is 9.84 Å². The molecule has 0 aliphatic rings. The molecule has 0 heterocycles. The van der Waals surface area contributed by atoms with E-state index < -0.39 is 15.1 Å². The van der Waals surface area contributed by atoms with Crippen LogP contribution in [0.3, 0.4) is 0 Å². The van der Waals surface area contributed by atoms with Gasteiger partial charge in [-0.1, -0.05) is 30.3 Å². The molecule has 0 saturated carbocycles. The van der Waals surface area contributed by atoms with E-state index in [0.717, 1.165) is 16.3 Å². The van der Waals surface area contributed by atoms with Crippen molar-refractivity contribution in [2.24, 2.45) is 0 Å². The molecule has 0 aromatic heterocycles. The van der Waals surface area contributed by atoms with Gasteiger partial charge in [-0.2, -0.15) is 0 Å². The highest BCUT2D eigenvalue weighted by Crippen LogP contribution is 2.29. The van der Waals surface area contributed by atoms with E-state index in [1.54, 1.807) is 26.0 Å². The maximum absolute atomic E-state index is 12.3. The Balaban J connectivity index is 2.83. The predicted molar refractivity (Wildman–Crippen MR) is 75.8 cm³/mol. The van der Waals surface area contributed by atoms with Gasteiger partial charge in [-0.15, -0.1) is 11.6 Å². The van der Waals surface area contributed by atoms with Crippen molar-refractivity contribution in [1.82, 2.24) is 0 Å². The van der Waals surface area contributed by atoms with Crippen LogP contribution < -0.4 is 0 Å². The van der Waals surface area contributed by atoms with Crippen molar-refractivity contribution in [2.45, 2.75) is 29.9 Å². The van der Waals surface area contributed by atoms with Crippen molar-refractivity contribution < 1.29 is 8.42 Å². The van der Waals surface area contributed by atoms with Crippen LogP contribution in [-0.2, 0) is 15.7 Å². The van der Waals surface area contributed by atoms with E-state index in [4.69, 9.17) is 11.6 Å². The molecule has 0 unspecified atom stereocenters. The van der Waals surface area contributed by atoms with E-state index in [9.17, 15) is 8.42 Å². The fourth-order valence-corrected chi connectivity index (χ4v) is 3.44. The van der Waals surface area contributed by atoms with Gasteiger partial charge in [0.25, 0.3) is 0 Å². The van der Waals surface area contributed by atoms with Crippen molar-refractivity contribution in [3.63, 3.8) is 0 Å². The van der Waals surface area contributed by atoms with Crippen molar-refractivity contribution in [3.05, 3.63) is 42.0 Å². The summed E-state index contributed by atoms with van der Waals surface area (Å²) in [7, 11) is -3.27. The highest BCUT2D eigenvalue weighted by Gasteiger charge is 2.22. The SMILES string of the molecule is CC(C)S(=O)(=O)c1ccc(CCl)c2ccccc12. The van der Waals surface area contributed by atoms with Crippen LogP contribution in [0.4, 0.5) is 0 Å². The van der Waals surface area contributed by atoms with Crippen LogP contribution in [0.25, 0.3) is 10.8 Å². The summed E-state index contributed by atoms with van der Waals surface area (Å²) in [6.07, 6.45) is 0. The van der Waals surface area contributed by atoms with Gasteiger partial charge in [-0.3, -0.25) is 0 Å². The highest BCUT2D eigenvalue weighted by molar-refractivity contribution is 7.92. The summed E-state index contributed by atoms with van der Waals surface area (Å²) in [6, 6.07) is 10.9. The van der Waals surface area contributed by atoms with Gasteiger partial charge in [0.2, 0.25) is 0 Å². The van der Waals surface area contributed by atoms with Crippen LogP contribution >= 0.6 is 11.6 Å². The predicted octanol–water partition coefficient (Wildman–Crippen LogP) is 3.76. The molecule has 96 valence electrons. The molecular formula is C14H15ClO2S. The second-order valence-electron chi connectivity index (χ2n) is 4.50. The zero-order valence-corrected chi connectivity index (χ0v) is 11.9. The molecule has 2 aromatic carbocycles. The Morgan fingerprint density at radius 1 is 1.06 bits per heavy atom. The fourth-order valence-electron chi connectivity index (χ4n) is 1.95. The molecule has 0 amide bonds. The highest BCUT2D eigenvalue weighted by atomic mass is 35.5. The largest absolute Gasteiger partial charge is 0.223 e. The van der Waals surface area contributed by atoms with E-state index in [2.05, 4.69) is 0 Å². The first-order valence-corrected chi connectivity index (χ1v) is 7.87. The lowest BCUT2D eigenvalue weighted by Gasteiger charge is -2.12. The average molecular weight is 283 g/mol. The summed E-state index contributed by atoms with van der Waals surface area (Å²) in [5, 5.41) is 1.24. The van der Waals surface area contributed by atoms with E-state index in [-0.39, 0.29) is 0 Å². The molecule has 0 atom stereocenters. The molecule has 0 saturated heterocycles. The Hall–Kier alpha value is -1.06. The number of benzene rings is 2.